The molecule has 1 unspecified atom stereocenters. The van der Waals surface area contributed by atoms with E-state index in [2.05, 4.69) is 28.9 Å². The largest absolute Gasteiger partial charge is 0.477 e. The molecule has 0 aromatic carbocycles. The number of carboxylic acids is 1. The molecule has 1 aromatic rings. The first-order chi connectivity index (χ1) is 9.68. The Bertz CT molecular complexity index is 521. The van der Waals surface area contributed by atoms with Crippen molar-refractivity contribution < 1.29 is 9.90 Å². The average molecular weight is 311 g/mol. The number of likely N-dealkylation sites (N-methyl/N-ethyl adjacent to an activating group) is 2. The predicted molar refractivity (Wildman–Crippen MR) is 85.4 cm³/mol. The summed E-state index contributed by atoms with van der Waals surface area (Å²) < 4.78 is 0. The normalized spacial score (nSPS) is 21.7. The molecular formula is C15H25N3O2S. The van der Waals surface area contributed by atoms with Gasteiger partial charge in [0.1, 0.15) is 4.88 Å². The van der Waals surface area contributed by atoms with Gasteiger partial charge in [-0.2, -0.15) is 0 Å². The molecule has 0 spiro atoms. The molecule has 0 aliphatic carbocycles. The molecule has 0 radical (unpaired) electrons. The van der Waals surface area contributed by atoms with Crippen LogP contribution in [-0.4, -0.2) is 65.6 Å². The summed E-state index contributed by atoms with van der Waals surface area (Å²) in [5.74, 6) is -0.863. The van der Waals surface area contributed by atoms with Crippen molar-refractivity contribution >= 4 is 17.3 Å². The van der Waals surface area contributed by atoms with Gasteiger partial charge in [0.25, 0.3) is 0 Å². The van der Waals surface area contributed by atoms with Gasteiger partial charge in [0, 0.05) is 37.5 Å². The molecule has 118 valence electrons. The van der Waals surface area contributed by atoms with Crippen molar-refractivity contribution in [3.63, 3.8) is 0 Å². The predicted octanol–water partition coefficient (Wildman–Crippen LogP) is 1.93. The van der Waals surface area contributed by atoms with Crippen molar-refractivity contribution in [3.05, 3.63) is 15.6 Å². The number of piperazine rings is 1. The van der Waals surface area contributed by atoms with E-state index >= 15 is 0 Å². The van der Waals surface area contributed by atoms with E-state index < -0.39 is 5.97 Å². The molecule has 5 nitrogen and oxygen atoms in total. The first-order valence-corrected chi connectivity index (χ1v) is 8.12. The molecule has 1 saturated heterocycles. The monoisotopic (exact) mass is 311 g/mol. The van der Waals surface area contributed by atoms with Gasteiger partial charge in [-0.05, 0) is 14.1 Å². The molecule has 1 aromatic heterocycles. The molecule has 0 saturated carbocycles. The van der Waals surface area contributed by atoms with Crippen LogP contribution in [0.2, 0.25) is 0 Å². The molecule has 1 atom stereocenters. The molecule has 1 aliphatic heterocycles. The molecule has 1 aliphatic rings. The van der Waals surface area contributed by atoms with Crippen molar-refractivity contribution in [2.24, 2.45) is 0 Å². The van der Waals surface area contributed by atoms with Gasteiger partial charge in [-0.15, -0.1) is 11.3 Å². The minimum atomic E-state index is -0.863. The number of carbonyl (C=O) groups is 1. The maximum absolute atomic E-state index is 11.4. The van der Waals surface area contributed by atoms with Crippen LogP contribution in [0.1, 0.15) is 41.1 Å². The number of carboxylic acid groups (broad SMARTS) is 1. The fourth-order valence-corrected chi connectivity index (χ4v) is 3.81. The van der Waals surface area contributed by atoms with Gasteiger partial charge in [0.2, 0.25) is 0 Å². The Hall–Kier alpha value is -0.980. The second-order valence-electron chi connectivity index (χ2n) is 6.94. The van der Waals surface area contributed by atoms with Gasteiger partial charge in [-0.3, -0.25) is 0 Å². The van der Waals surface area contributed by atoms with Gasteiger partial charge in [0.15, 0.2) is 0 Å². The highest BCUT2D eigenvalue weighted by atomic mass is 32.1. The third kappa shape index (κ3) is 3.81. The summed E-state index contributed by atoms with van der Waals surface area (Å²) in [5.41, 5.74) is 0.472. The van der Waals surface area contributed by atoms with Crippen molar-refractivity contribution in [1.82, 2.24) is 14.8 Å². The first kappa shape index (κ1) is 16.4. The summed E-state index contributed by atoms with van der Waals surface area (Å²) >= 11 is 1.34. The maximum atomic E-state index is 11.4. The van der Waals surface area contributed by atoms with E-state index in [0.29, 0.717) is 16.6 Å². The number of aromatic carboxylic acids is 1. The number of rotatable bonds is 3. The SMILES string of the molecule is CN1CCN(C)C(Cc2nc(C(C)(C)C)c(C(=O)O)s2)C1. The number of nitrogens with zero attached hydrogens (tertiary/aromatic N) is 3. The molecule has 6 heteroatoms. The minimum Gasteiger partial charge on any atom is -0.477 e. The zero-order valence-electron chi connectivity index (χ0n) is 13.5. The second kappa shape index (κ2) is 6.02. The summed E-state index contributed by atoms with van der Waals surface area (Å²) in [6, 6.07) is 0.407. The van der Waals surface area contributed by atoms with Gasteiger partial charge in [0.05, 0.1) is 10.7 Å². The van der Waals surface area contributed by atoms with E-state index in [1.54, 1.807) is 0 Å². The number of hydrogen-bond acceptors (Lipinski definition) is 5. The molecule has 2 heterocycles. The molecule has 1 N–H and O–H groups in total. The Labute approximate surface area is 130 Å². The van der Waals surface area contributed by atoms with E-state index in [1.165, 1.54) is 11.3 Å². The Balaban J connectivity index is 2.23. The summed E-state index contributed by atoms with van der Waals surface area (Å²) in [7, 11) is 4.26. The number of thiazole rings is 1. The van der Waals surface area contributed by atoms with Crippen molar-refractivity contribution in [1.29, 1.82) is 0 Å². The van der Waals surface area contributed by atoms with Gasteiger partial charge < -0.3 is 14.9 Å². The lowest BCUT2D eigenvalue weighted by molar-refractivity contribution is 0.0699. The molecule has 1 fully saturated rings. The standard InChI is InChI=1S/C15H25N3O2S/c1-15(2,3)13-12(14(19)20)21-11(16-13)8-10-9-17(4)6-7-18(10)5/h10H,6-9H2,1-5H3,(H,19,20). The lowest BCUT2D eigenvalue weighted by Gasteiger charge is -2.37. The van der Waals surface area contributed by atoms with Crippen LogP contribution in [-0.2, 0) is 11.8 Å². The van der Waals surface area contributed by atoms with Crippen molar-refractivity contribution in [2.75, 3.05) is 33.7 Å². The van der Waals surface area contributed by atoms with Crippen LogP contribution >= 0.6 is 11.3 Å². The molecular weight excluding hydrogens is 286 g/mol. The smallest absolute Gasteiger partial charge is 0.347 e. The summed E-state index contributed by atoms with van der Waals surface area (Å²) in [4.78, 5) is 21.2. The molecule has 2 rings (SSSR count). The fourth-order valence-electron chi connectivity index (χ4n) is 2.63. The first-order valence-electron chi connectivity index (χ1n) is 7.30. The van der Waals surface area contributed by atoms with E-state index in [-0.39, 0.29) is 5.41 Å². The number of aromatic nitrogens is 1. The zero-order valence-corrected chi connectivity index (χ0v) is 14.3. The van der Waals surface area contributed by atoms with Crippen LogP contribution in [0.5, 0.6) is 0 Å². The van der Waals surface area contributed by atoms with Crippen LogP contribution in [0.4, 0.5) is 0 Å². The summed E-state index contributed by atoms with van der Waals surface area (Å²) in [6.45, 7) is 9.17. The van der Waals surface area contributed by atoms with Crippen LogP contribution in [0.25, 0.3) is 0 Å². The Morgan fingerprint density at radius 1 is 1.38 bits per heavy atom. The van der Waals surface area contributed by atoms with Crippen LogP contribution in [0.3, 0.4) is 0 Å². The molecule has 0 bridgehead atoms. The van der Waals surface area contributed by atoms with Crippen molar-refractivity contribution in [2.45, 2.75) is 38.6 Å². The van der Waals surface area contributed by atoms with Gasteiger partial charge >= 0.3 is 5.97 Å². The minimum absolute atomic E-state index is 0.238. The maximum Gasteiger partial charge on any atom is 0.347 e. The highest BCUT2D eigenvalue weighted by molar-refractivity contribution is 7.13. The lowest BCUT2D eigenvalue weighted by Crippen LogP contribution is -2.50. The quantitative estimate of drug-likeness (QED) is 0.924. The Kier molecular flexibility index (Phi) is 4.70. The summed E-state index contributed by atoms with van der Waals surface area (Å²) in [5, 5.41) is 10.3. The Morgan fingerprint density at radius 3 is 2.57 bits per heavy atom. The van der Waals surface area contributed by atoms with E-state index in [1.807, 2.05) is 20.8 Å². The van der Waals surface area contributed by atoms with Crippen LogP contribution in [0, 0.1) is 0 Å². The van der Waals surface area contributed by atoms with Gasteiger partial charge in [-0.1, -0.05) is 20.8 Å². The zero-order chi connectivity index (χ0) is 15.8. The van der Waals surface area contributed by atoms with Gasteiger partial charge in [-0.25, -0.2) is 9.78 Å². The third-order valence-corrected chi connectivity index (χ3v) is 5.03. The summed E-state index contributed by atoms with van der Waals surface area (Å²) in [6.07, 6.45) is 0.821. The van der Waals surface area contributed by atoms with E-state index in [9.17, 15) is 9.90 Å². The highest BCUT2D eigenvalue weighted by Crippen LogP contribution is 2.30. The van der Waals surface area contributed by atoms with E-state index in [4.69, 9.17) is 0 Å². The molecule has 0 amide bonds. The average Bonchev–Trinajstić information content (AvgIpc) is 2.78. The molecule has 21 heavy (non-hydrogen) atoms. The highest BCUT2D eigenvalue weighted by Gasteiger charge is 2.29. The van der Waals surface area contributed by atoms with Crippen LogP contribution in [0.15, 0.2) is 0 Å². The fraction of sp³-hybridized carbons (Fsp3) is 0.733. The number of hydrogen-bond donors (Lipinski definition) is 1. The van der Waals surface area contributed by atoms with E-state index in [0.717, 1.165) is 31.1 Å². The van der Waals surface area contributed by atoms with Crippen LogP contribution < -0.4 is 0 Å². The second-order valence-corrected chi connectivity index (χ2v) is 8.02. The lowest BCUT2D eigenvalue weighted by atomic mass is 9.91. The third-order valence-electron chi connectivity index (χ3n) is 3.97. The van der Waals surface area contributed by atoms with Crippen molar-refractivity contribution in [3.8, 4) is 0 Å². The Morgan fingerprint density at radius 2 is 2.05 bits per heavy atom. The topological polar surface area (TPSA) is 56.7 Å².